The predicted molar refractivity (Wildman–Crippen MR) is 88.7 cm³/mol. The maximum atomic E-state index is 13.7. The van der Waals surface area contributed by atoms with E-state index in [2.05, 4.69) is 21.8 Å². The van der Waals surface area contributed by atoms with E-state index in [4.69, 9.17) is 9.47 Å². The molecule has 2 atom stereocenters. The smallest absolute Gasteiger partial charge is 0.250 e. The summed E-state index contributed by atoms with van der Waals surface area (Å²) in [5, 5.41) is 0. The van der Waals surface area contributed by atoms with Gasteiger partial charge in [-0.15, -0.1) is 11.3 Å². The third-order valence-corrected chi connectivity index (χ3v) is 5.71. The molecule has 2 aromatic heterocycles. The average molecular weight is 349 g/mol. The molecule has 4 rings (SSSR count). The fourth-order valence-electron chi connectivity index (χ4n) is 3.52. The van der Waals surface area contributed by atoms with Crippen LogP contribution in [0.2, 0.25) is 0 Å². The number of pyridine rings is 1. The third-order valence-electron chi connectivity index (χ3n) is 4.79. The summed E-state index contributed by atoms with van der Waals surface area (Å²) in [5.41, 5.74) is 2.84. The van der Waals surface area contributed by atoms with Gasteiger partial charge in [-0.3, -0.25) is 4.90 Å². The predicted octanol–water partition coefficient (Wildman–Crippen LogP) is 2.80. The van der Waals surface area contributed by atoms with Crippen LogP contribution < -0.4 is 4.74 Å². The summed E-state index contributed by atoms with van der Waals surface area (Å²) in [6.07, 6.45) is 3.16. The molecule has 7 heteroatoms. The van der Waals surface area contributed by atoms with Crippen LogP contribution in [0.4, 0.5) is 4.39 Å². The first-order chi connectivity index (χ1) is 11.6. The highest BCUT2D eigenvalue weighted by Gasteiger charge is 2.46. The van der Waals surface area contributed by atoms with Crippen LogP contribution >= 0.6 is 11.3 Å². The van der Waals surface area contributed by atoms with E-state index in [9.17, 15) is 4.39 Å². The fraction of sp³-hybridized carbons (Fsp3) is 0.529. The van der Waals surface area contributed by atoms with Gasteiger partial charge in [-0.25, -0.2) is 14.4 Å². The zero-order valence-electron chi connectivity index (χ0n) is 13.6. The van der Waals surface area contributed by atoms with Gasteiger partial charge >= 0.3 is 0 Å². The number of thiazole rings is 1. The lowest BCUT2D eigenvalue weighted by Crippen LogP contribution is -2.33. The van der Waals surface area contributed by atoms with Gasteiger partial charge in [0.25, 0.3) is 5.88 Å². The standard InChI is InChI=1S/C17H20FN3O2S/c1-12-15(24-11-20-12)8-21-6-4-17(10-21)7-13(9-22-17)23-16-14(18)3-2-5-19-16/h2-3,5,11,13H,4,6-10H2,1H3/t13-,17+/m1/s1. The summed E-state index contributed by atoms with van der Waals surface area (Å²) in [6, 6.07) is 2.92. The van der Waals surface area contributed by atoms with E-state index in [1.54, 1.807) is 23.6 Å². The van der Waals surface area contributed by atoms with Gasteiger partial charge in [-0.1, -0.05) is 0 Å². The van der Waals surface area contributed by atoms with Crippen molar-refractivity contribution in [2.75, 3.05) is 19.7 Å². The minimum absolute atomic E-state index is 0.0679. The van der Waals surface area contributed by atoms with Crippen LogP contribution in [-0.2, 0) is 11.3 Å². The average Bonchev–Trinajstić information content (AvgIpc) is 3.26. The van der Waals surface area contributed by atoms with E-state index >= 15 is 0 Å². The van der Waals surface area contributed by atoms with Crippen molar-refractivity contribution in [1.82, 2.24) is 14.9 Å². The molecule has 0 aromatic carbocycles. The Labute approximate surface area is 144 Å². The molecule has 2 aromatic rings. The van der Waals surface area contributed by atoms with Crippen LogP contribution in [0, 0.1) is 12.7 Å². The lowest BCUT2D eigenvalue weighted by molar-refractivity contribution is 0.00919. The number of ether oxygens (including phenoxy) is 2. The number of aromatic nitrogens is 2. The molecule has 2 fully saturated rings. The van der Waals surface area contributed by atoms with Crippen LogP contribution in [0.3, 0.4) is 0 Å². The number of likely N-dealkylation sites (tertiary alicyclic amines) is 1. The molecular weight excluding hydrogens is 329 g/mol. The molecule has 0 aliphatic carbocycles. The van der Waals surface area contributed by atoms with Gasteiger partial charge in [0, 0.05) is 37.1 Å². The molecule has 0 saturated carbocycles. The van der Waals surface area contributed by atoms with Crippen LogP contribution in [0.1, 0.15) is 23.4 Å². The summed E-state index contributed by atoms with van der Waals surface area (Å²) in [5.74, 6) is -0.356. The molecule has 1 spiro atoms. The first-order valence-corrected chi connectivity index (χ1v) is 9.04. The van der Waals surface area contributed by atoms with Crippen molar-refractivity contribution < 1.29 is 13.9 Å². The molecule has 2 aliphatic rings. The SMILES string of the molecule is Cc1ncsc1CN1CC[C@]2(C[C@@H](Oc3ncccc3F)CO2)C1. The number of aryl methyl sites for hydroxylation is 1. The Hall–Kier alpha value is -1.57. The van der Waals surface area contributed by atoms with E-state index in [0.717, 1.165) is 38.2 Å². The highest BCUT2D eigenvalue weighted by Crippen LogP contribution is 2.37. The van der Waals surface area contributed by atoms with Crippen molar-refractivity contribution in [3.8, 4) is 5.88 Å². The minimum Gasteiger partial charge on any atom is -0.470 e. The van der Waals surface area contributed by atoms with Gasteiger partial charge < -0.3 is 9.47 Å². The Morgan fingerprint density at radius 1 is 1.50 bits per heavy atom. The largest absolute Gasteiger partial charge is 0.470 e. The lowest BCUT2D eigenvalue weighted by atomic mass is 9.98. The maximum absolute atomic E-state index is 13.7. The minimum atomic E-state index is -0.424. The summed E-state index contributed by atoms with van der Waals surface area (Å²) in [6.45, 7) is 5.34. The van der Waals surface area contributed by atoms with Gasteiger partial charge in [0.2, 0.25) is 0 Å². The Morgan fingerprint density at radius 2 is 2.42 bits per heavy atom. The summed E-state index contributed by atoms with van der Waals surface area (Å²) in [7, 11) is 0. The van der Waals surface area contributed by atoms with Crippen molar-refractivity contribution in [1.29, 1.82) is 0 Å². The summed E-state index contributed by atoms with van der Waals surface area (Å²) >= 11 is 1.70. The number of hydrogen-bond donors (Lipinski definition) is 0. The highest BCUT2D eigenvalue weighted by atomic mass is 32.1. The zero-order valence-corrected chi connectivity index (χ0v) is 14.4. The van der Waals surface area contributed by atoms with Crippen LogP contribution in [0.15, 0.2) is 23.8 Å². The molecule has 0 unspecified atom stereocenters. The molecular formula is C17H20FN3O2S. The molecule has 5 nitrogen and oxygen atoms in total. The Bertz CT molecular complexity index is 725. The monoisotopic (exact) mass is 349 g/mol. The van der Waals surface area contributed by atoms with Crippen LogP contribution in [0.25, 0.3) is 0 Å². The second-order valence-electron chi connectivity index (χ2n) is 6.55. The van der Waals surface area contributed by atoms with Crippen molar-refractivity contribution in [3.05, 3.63) is 40.2 Å². The molecule has 4 heterocycles. The van der Waals surface area contributed by atoms with Gasteiger partial charge in [0.1, 0.15) is 6.10 Å². The molecule has 2 aliphatic heterocycles. The normalized spacial score (nSPS) is 27.2. The maximum Gasteiger partial charge on any atom is 0.250 e. The quantitative estimate of drug-likeness (QED) is 0.849. The van der Waals surface area contributed by atoms with E-state index in [-0.39, 0.29) is 17.6 Å². The van der Waals surface area contributed by atoms with E-state index in [0.29, 0.717) is 6.61 Å². The number of halogens is 1. The summed E-state index contributed by atoms with van der Waals surface area (Å²) < 4.78 is 25.5. The lowest BCUT2D eigenvalue weighted by Gasteiger charge is -2.23. The molecule has 2 saturated heterocycles. The molecule has 0 amide bonds. The number of hydrogen-bond acceptors (Lipinski definition) is 6. The molecule has 24 heavy (non-hydrogen) atoms. The first kappa shape index (κ1) is 15.9. The number of nitrogens with zero attached hydrogens (tertiary/aromatic N) is 3. The van der Waals surface area contributed by atoms with Gasteiger partial charge in [-0.2, -0.15) is 0 Å². The van der Waals surface area contributed by atoms with E-state index < -0.39 is 5.82 Å². The van der Waals surface area contributed by atoms with Crippen molar-refractivity contribution in [2.24, 2.45) is 0 Å². The topological polar surface area (TPSA) is 47.5 Å². The van der Waals surface area contributed by atoms with E-state index in [1.807, 2.05) is 5.51 Å². The Morgan fingerprint density at radius 3 is 3.21 bits per heavy atom. The fourth-order valence-corrected chi connectivity index (χ4v) is 4.34. The van der Waals surface area contributed by atoms with Crippen molar-refractivity contribution >= 4 is 11.3 Å². The second kappa shape index (κ2) is 6.38. The van der Waals surface area contributed by atoms with Crippen molar-refractivity contribution in [3.63, 3.8) is 0 Å². The summed E-state index contributed by atoms with van der Waals surface area (Å²) in [4.78, 5) is 12.0. The first-order valence-electron chi connectivity index (χ1n) is 8.16. The van der Waals surface area contributed by atoms with Crippen LogP contribution in [-0.4, -0.2) is 46.3 Å². The second-order valence-corrected chi connectivity index (χ2v) is 7.49. The molecule has 0 radical (unpaired) electrons. The van der Waals surface area contributed by atoms with Crippen molar-refractivity contribution in [2.45, 2.75) is 38.0 Å². The molecule has 0 N–H and O–H groups in total. The Balaban J connectivity index is 1.36. The van der Waals surface area contributed by atoms with Gasteiger partial charge in [0.05, 0.1) is 23.4 Å². The van der Waals surface area contributed by atoms with Gasteiger partial charge in [-0.05, 0) is 25.5 Å². The Kier molecular flexibility index (Phi) is 4.24. The van der Waals surface area contributed by atoms with E-state index in [1.165, 1.54) is 10.9 Å². The molecule has 0 bridgehead atoms. The van der Waals surface area contributed by atoms with Gasteiger partial charge in [0.15, 0.2) is 5.82 Å². The zero-order chi connectivity index (χ0) is 16.6. The van der Waals surface area contributed by atoms with Crippen LogP contribution in [0.5, 0.6) is 5.88 Å². The highest BCUT2D eigenvalue weighted by molar-refractivity contribution is 7.09. The third kappa shape index (κ3) is 3.16. The molecule has 128 valence electrons. The number of rotatable bonds is 4.